The highest BCUT2D eigenvalue weighted by atomic mass is 16.5. The van der Waals surface area contributed by atoms with Crippen molar-refractivity contribution in [1.29, 1.82) is 0 Å². The van der Waals surface area contributed by atoms with Gasteiger partial charge in [-0.05, 0) is 32.3 Å². The third-order valence-corrected chi connectivity index (χ3v) is 3.31. The van der Waals surface area contributed by atoms with Crippen LogP contribution in [0.4, 0.5) is 0 Å². The van der Waals surface area contributed by atoms with Crippen LogP contribution in [0.1, 0.15) is 32.8 Å². The number of ether oxygens (including phenoxy) is 1. The molecule has 2 rings (SSSR count). The Morgan fingerprint density at radius 2 is 2.30 bits per heavy atom. The fourth-order valence-corrected chi connectivity index (χ4v) is 1.99. The lowest BCUT2D eigenvalue weighted by Crippen LogP contribution is -2.39. The van der Waals surface area contributed by atoms with E-state index in [0.29, 0.717) is 25.1 Å². The smallest absolute Gasteiger partial charge is 0.218 e. The number of guanidine groups is 1. The van der Waals surface area contributed by atoms with E-state index in [1.54, 1.807) is 6.20 Å². The standard InChI is InChI=1S/C15H24N4O/c1-4-16-15(19-13-9-11(13)3)18-10-12-7-6-8-17-14(12)20-5-2/h6-8,11,13H,4-5,9-10H2,1-3H3,(H2,16,18,19). The summed E-state index contributed by atoms with van der Waals surface area (Å²) in [5.41, 5.74) is 1.01. The normalized spacial score (nSPS) is 21.4. The summed E-state index contributed by atoms with van der Waals surface area (Å²) in [6.45, 7) is 8.32. The molecule has 5 nitrogen and oxygen atoms in total. The van der Waals surface area contributed by atoms with Crippen LogP contribution >= 0.6 is 0 Å². The van der Waals surface area contributed by atoms with E-state index in [4.69, 9.17) is 4.74 Å². The summed E-state index contributed by atoms with van der Waals surface area (Å²) in [5.74, 6) is 2.29. The highest BCUT2D eigenvalue weighted by Crippen LogP contribution is 2.28. The number of nitrogens with one attached hydrogen (secondary N) is 2. The van der Waals surface area contributed by atoms with Gasteiger partial charge in [-0.25, -0.2) is 9.98 Å². The molecular formula is C15H24N4O. The van der Waals surface area contributed by atoms with Gasteiger partial charge >= 0.3 is 0 Å². The van der Waals surface area contributed by atoms with Crippen LogP contribution in [0.5, 0.6) is 5.88 Å². The maximum absolute atomic E-state index is 5.52. The third kappa shape index (κ3) is 4.11. The lowest BCUT2D eigenvalue weighted by atomic mass is 10.3. The minimum atomic E-state index is 0.563. The Bertz CT molecular complexity index is 461. The molecule has 20 heavy (non-hydrogen) atoms. The van der Waals surface area contributed by atoms with E-state index in [2.05, 4.69) is 34.5 Å². The number of hydrogen-bond acceptors (Lipinski definition) is 3. The Kier molecular flexibility index (Phi) is 5.21. The van der Waals surface area contributed by atoms with Gasteiger partial charge < -0.3 is 15.4 Å². The van der Waals surface area contributed by atoms with E-state index in [1.165, 1.54) is 6.42 Å². The molecule has 0 radical (unpaired) electrons. The van der Waals surface area contributed by atoms with E-state index in [9.17, 15) is 0 Å². The van der Waals surface area contributed by atoms with Crippen molar-refractivity contribution < 1.29 is 4.74 Å². The van der Waals surface area contributed by atoms with Crippen LogP contribution in [0.2, 0.25) is 0 Å². The molecule has 0 spiro atoms. The van der Waals surface area contributed by atoms with E-state index in [-0.39, 0.29) is 0 Å². The highest BCUT2D eigenvalue weighted by molar-refractivity contribution is 5.80. The van der Waals surface area contributed by atoms with Crippen LogP contribution in [0.3, 0.4) is 0 Å². The summed E-state index contributed by atoms with van der Waals surface area (Å²) in [7, 11) is 0. The minimum absolute atomic E-state index is 0.563. The number of rotatable bonds is 6. The molecule has 1 saturated carbocycles. The minimum Gasteiger partial charge on any atom is -0.478 e. The van der Waals surface area contributed by atoms with Gasteiger partial charge in [0.2, 0.25) is 5.88 Å². The van der Waals surface area contributed by atoms with Crippen molar-refractivity contribution in [1.82, 2.24) is 15.6 Å². The third-order valence-electron chi connectivity index (χ3n) is 3.31. The van der Waals surface area contributed by atoms with E-state index in [0.717, 1.165) is 24.0 Å². The van der Waals surface area contributed by atoms with Gasteiger partial charge in [-0.15, -0.1) is 0 Å². The highest BCUT2D eigenvalue weighted by Gasteiger charge is 2.33. The maximum Gasteiger partial charge on any atom is 0.218 e. The Morgan fingerprint density at radius 1 is 1.50 bits per heavy atom. The molecule has 1 aliphatic rings. The van der Waals surface area contributed by atoms with Crippen molar-refractivity contribution in [3.8, 4) is 5.88 Å². The summed E-state index contributed by atoms with van der Waals surface area (Å²) in [6.07, 6.45) is 2.97. The second-order valence-corrected chi connectivity index (χ2v) is 5.06. The Hall–Kier alpha value is -1.78. The van der Waals surface area contributed by atoms with Gasteiger partial charge in [0, 0.05) is 24.3 Å². The first-order valence-electron chi connectivity index (χ1n) is 7.36. The molecule has 0 amide bonds. The van der Waals surface area contributed by atoms with Crippen molar-refractivity contribution in [2.24, 2.45) is 10.9 Å². The van der Waals surface area contributed by atoms with E-state index < -0.39 is 0 Å². The van der Waals surface area contributed by atoms with Crippen LogP contribution < -0.4 is 15.4 Å². The Labute approximate surface area is 120 Å². The summed E-state index contributed by atoms with van der Waals surface area (Å²) in [6, 6.07) is 4.48. The molecule has 110 valence electrons. The zero-order chi connectivity index (χ0) is 14.4. The average Bonchev–Trinajstić information content (AvgIpc) is 3.13. The summed E-state index contributed by atoms with van der Waals surface area (Å²) in [5, 5.41) is 6.71. The molecular weight excluding hydrogens is 252 g/mol. The molecule has 2 atom stereocenters. The molecule has 0 bridgehead atoms. The van der Waals surface area contributed by atoms with Gasteiger partial charge in [0.25, 0.3) is 0 Å². The number of aliphatic imine (C=N–C) groups is 1. The van der Waals surface area contributed by atoms with Gasteiger partial charge in [-0.1, -0.05) is 13.0 Å². The quantitative estimate of drug-likeness (QED) is 0.616. The summed E-state index contributed by atoms with van der Waals surface area (Å²) >= 11 is 0. The van der Waals surface area contributed by atoms with Crippen molar-refractivity contribution in [3.63, 3.8) is 0 Å². The largest absolute Gasteiger partial charge is 0.478 e. The SMILES string of the molecule is CCNC(=NCc1cccnc1OCC)NC1CC1C. The molecule has 1 fully saturated rings. The van der Waals surface area contributed by atoms with Crippen LogP contribution in [-0.4, -0.2) is 30.1 Å². The number of hydrogen-bond donors (Lipinski definition) is 2. The van der Waals surface area contributed by atoms with Gasteiger partial charge in [0.15, 0.2) is 5.96 Å². The predicted molar refractivity (Wildman–Crippen MR) is 80.9 cm³/mol. The van der Waals surface area contributed by atoms with Crippen LogP contribution in [0.25, 0.3) is 0 Å². The molecule has 1 aromatic rings. The van der Waals surface area contributed by atoms with Gasteiger partial charge in [-0.2, -0.15) is 0 Å². The summed E-state index contributed by atoms with van der Waals surface area (Å²) < 4.78 is 5.52. The van der Waals surface area contributed by atoms with Gasteiger partial charge in [0.05, 0.1) is 13.2 Å². The topological polar surface area (TPSA) is 58.5 Å². The van der Waals surface area contributed by atoms with Crippen molar-refractivity contribution in [3.05, 3.63) is 23.9 Å². The first-order chi connectivity index (χ1) is 9.74. The van der Waals surface area contributed by atoms with Crippen LogP contribution in [-0.2, 0) is 6.54 Å². The summed E-state index contributed by atoms with van der Waals surface area (Å²) in [4.78, 5) is 8.86. The van der Waals surface area contributed by atoms with Crippen molar-refractivity contribution >= 4 is 5.96 Å². The second kappa shape index (κ2) is 7.12. The molecule has 1 aliphatic carbocycles. The lowest BCUT2D eigenvalue weighted by molar-refractivity contribution is 0.323. The molecule has 5 heteroatoms. The molecule has 0 saturated heterocycles. The first-order valence-corrected chi connectivity index (χ1v) is 7.36. The fraction of sp³-hybridized carbons (Fsp3) is 0.600. The fourth-order valence-electron chi connectivity index (χ4n) is 1.99. The maximum atomic E-state index is 5.52. The van der Waals surface area contributed by atoms with Crippen LogP contribution in [0, 0.1) is 5.92 Å². The molecule has 0 aromatic carbocycles. The Balaban J connectivity index is 2.00. The zero-order valence-corrected chi connectivity index (χ0v) is 12.5. The molecule has 0 aliphatic heterocycles. The zero-order valence-electron chi connectivity index (χ0n) is 12.5. The predicted octanol–water partition coefficient (Wildman–Crippen LogP) is 1.94. The Morgan fingerprint density at radius 3 is 2.95 bits per heavy atom. The molecule has 1 heterocycles. The molecule has 2 unspecified atom stereocenters. The second-order valence-electron chi connectivity index (χ2n) is 5.06. The lowest BCUT2D eigenvalue weighted by Gasteiger charge is -2.11. The van der Waals surface area contributed by atoms with E-state index in [1.807, 2.05) is 19.1 Å². The molecule has 1 aromatic heterocycles. The number of aromatic nitrogens is 1. The van der Waals surface area contributed by atoms with E-state index >= 15 is 0 Å². The monoisotopic (exact) mass is 276 g/mol. The van der Waals surface area contributed by atoms with Crippen molar-refractivity contribution in [2.45, 2.75) is 39.8 Å². The first kappa shape index (κ1) is 14.6. The average molecular weight is 276 g/mol. The van der Waals surface area contributed by atoms with Crippen molar-refractivity contribution in [2.75, 3.05) is 13.2 Å². The number of nitrogens with zero attached hydrogens (tertiary/aromatic N) is 2. The molecule has 2 N–H and O–H groups in total. The van der Waals surface area contributed by atoms with Crippen LogP contribution in [0.15, 0.2) is 23.3 Å². The number of pyridine rings is 1. The van der Waals surface area contributed by atoms with Gasteiger partial charge in [0.1, 0.15) is 0 Å². The van der Waals surface area contributed by atoms with Gasteiger partial charge in [-0.3, -0.25) is 0 Å².